The molecule has 1 aromatic carbocycles. The van der Waals surface area contributed by atoms with Crippen molar-refractivity contribution >= 4 is 17.6 Å². The van der Waals surface area contributed by atoms with Gasteiger partial charge in [-0.1, -0.05) is 12.1 Å². The molecule has 0 aliphatic heterocycles. The number of nitrogens with one attached hydrogen (secondary N) is 3. The first-order valence-electron chi connectivity index (χ1n) is 8.62. The quantitative estimate of drug-likeness (QED) is 0.348. The Morgan fingerprint density at radius 2 is 1.92 bits per heavy atom. The maximum absolute atomic E-state index is 11.0. The normalized spacial score (nSPS) is 11.2. The summed E-state index contributed by atoms with van der Waals surface area (Å²) in [6.07, 6.45) is 1.82. The van der Waals surface area contributed by atoms with Crippen molar-refractivity contribution in [3.05, 3.63) is 29.8 Å². The number of hydrogen-bond donors (Lipinski definition) is 3. The zero-order valence-corrected chi connectivity index (χ0v) is 15.0. The number of aliphatic imine (C=N–C) groups is 1. The van der Waals surface area contributed by atoms with Crippen molar-refractivity contribution in [2.75, 3.05) is 38.2 Å². The van der Waals surface area contributed by atoms with E-state index in [9.17, 15) is 4.79 Å². The van der Waals surface area contributed by atoms with Crippen LogP contribution >= 0.6 is 0 Å². The van der Waals surface area contributed by atoms with Crippen LogP contribution in [0.4, 0.5) is 5.69 Å². The number of ether oxygens (including phenoxy) is 1. The number of benzene rings is 1. The first kappa shape index (κ1) is 20.0. The fraction of sp³-hybridized carbons (Fsp3) is 0.556. The summed E-state index contributed by atoms with van der Waals surface area (Å²) >= 11 is 0. The molecule has 0 saturated heterocycles. The van der Waals surface area contributed by atoms with E-state index in [1.165, 1.54) is 12.5 Å². The van der Waals surface area contributed by atoms with Gasteiger partial charge in [-0.2, -0.15) is 0 Å². The highest BCUT2D eigenvalue weighted by Crippen LogP contribution is 2.09. The summed E-state index contributed by atoms with van der Waals surface area (Å²) in [5.74, 6) is 0.782. The Bertz CT molecular complexity index is 500. The summed E-state index contributed by atoms with van der Waals surface area (Å²) in [5.41, 5.74) is 2.03. The molecule has 0 saturated carbocycles. The molecule has 1 aromatic rings. The topological polar surface area (TPSA) is 74.8 Å². The number of hydrogen-bond acceptors (Lipinski definition) is 3. The van der Waals surface area contributed by atoms with Crippen LogP contribution in [0.15, 0.2) is 29.3 Å². The molecule has 24 heavy (non-hydrogen) atoms. The van der Waals surface area contributed by atoms with Gasteiger partial charge in [-0.25, -0.2) is 0 Å². The monoisotopic (exact) mass is 334 g/mol. The molecule has 0 aromatic heterocycles. The summed E-state index contributed by atoms with van der Waals surface area (Å²) < 4.78 is 5.31. The van der Waals surface area contributed by atoms with E-state index in [1.807, 2.05) is 31.2 Å². The van der Waals surface area contributed by atoms with E-state index in [4.69, 9.17) is 4.74 Å². The van der Waals surface area contributed by atoms with E-state index in [0.29, 0.717) is 0 Å². The number of carbonyl (C=O) groups excluding carboxylic acids is 1. The maximum atomic E-state index is 11.0. The van der Waals surface area contributed by atoms with Crippen molar-refractivity contribution in [1.82, 2.24) is 10.6 Å². The molecule has 0 aliphatic carbocycles. The second kappa shape index (κ2) is 12.4. The summed E-state index contributed by atoms with van der Waals surface area (Å²) in [7, 11) is 0. The zero-order valence-electron chi connectivity index (χ0n) is 15.0. The summed E-state index contributed by atoms with van der Waals surface area (Å²) in [6, 6.07) is 7.89. The second-order valence-corrected chi connectivity index (χ2v) is 5.37. The fourth-order valence-electron chi connectivity index (χ4n) is 2.13. The first-order valence-corrected chi connectivity index (χ1v) is 8.62. The average Bonchev–Trinajstić information content (AvgIpc) is 2.55. The molecule has 0 spiro atoms. The lowest BCUT2D eigenvalue weighted by Gasteiger charge is -2.11. The molecule has 0 atom stereocenters. The minimum Gasteiger partial charge on any atom is -0.382 e. The minimum absolute atomic E-state index is 0.0553. The Balaban J connectivity index is 2.35. The molecular formula is C18H30N4O2. The molecule has 134 valence electrons. The molecule has 1 amide bonds. The van der Waals surface area contributed by atoms with E-state index < -0.39 is 0 Å². The Kier molecular flexibility index (Phi) is 10.3. The van der Waals surface area contributed by atoms with Crippen LogP contribution in [0.3, 0.4) is 0 Å². The number of guanidine groups is 1. The predicted molar refractivity (Wildman–Crippen MR) is 99.5 cm³/mol. The smallest absolute Gasteiger partial charge is 0.221 e. The minimum atomic E-state index is -0.0553. The van der Waals surface area contributed by atoms with Gasteiger partial charge in [-0.15, -0.1) is 0 Å². The van der Waals surface area contributed by atoms with Gasteiger partial charge in [-0.05, 0) is 44.4 Å². The van der Waals surface area contributed by atoms with Gasteiger partial charge in [0.05, 0.1) is 0 Å². The van der Waals surface area contributed by atoms with Crippen molar-refractivity contribution in [3.8, 4) is 0 Å². The molecule has 0 aliphatic rings. The number of amides is 1. The van der Waals surface area contributed by atoms with Gasteiger partial charge in [0, 0.05) is 45.5 Å². The molecule has 6 nitrogen and oxygen atoms in total. The first-order chi connectivity index (χ1) is 11.7. The highest BCUT2D eigenvalue weighted by atomic mass is 16.5. The van der Waals surface area contributed by atoms with Gasteiger partial charge < -0.3 is 20.7 Å². The van der Waals surface area contributed by atoms with E-state index in [2.05, 4.69) is 27.9 Å². The SMILES string of the molecule is CCNC(=NCCCOCC)NCCc1ccc(NC(C)=O)cc1. The highest BCUT2D eigenvalue weighted by Gasteiger charge is 1.99. The van der Waals surface area contributed by atoms with Crippen LogP contribution in [0.1, 0.15) is 32.8 Å². The molecular weight excluding hydrogens is 304 g/mol. The standard InChI is InChI=1S/C18H30N4O2/c1-4-19-18(20-12-6-14-24-5-2)21-13-11-16-7-9-17(10-8-16)22-15(3)23/h7-10H,4-6,11-14H2,1-3H3,(H,22,23)(H2,19,20,21). The van der Waals surface area contributed by atoms with E-state index >= 15 is 0 Å². The second-order valence-electron chi connectivity index (χ2n) is 5.37. The third kappa shape index (κ3) is 9.15. The average molecular weight is 334 g/mol. The van der Waals surface area contributed by atoms with Crippen LogP contribution < -0.4 is 16.0 Å². The van der Waals surface area contributed by atoms with Crippen molar-refractivity contribution in [3.63, 3.8) is 0 Å². The van der Waals surface area contributed by atoms with Crippen molar-refractivity contribution in [1.29, 1.82) is 0 Å². The van der Waals surface area contributed by atoms with Gasteiger partial charge in [0.1, 0.15) is 0 Å². The number of nitrogens with zero attached hydrogens (tertiary/aromatic N) is 1. The van der Waals surface area contributed by atoms with E-state index in [-0.39, 0.29) is 5.91 Å². The molecule has 1 rings (SSSR count). The van der Waals surface area contributed by atoms with Crippen LogP contribution in [0.2, 0.25) is 0 Å². The third-order valence-corrected chi connectivity index (χ3v) is 3.25. The van der Waals surface area contributed by atoms with E-state index in [0.717, 1.165) is 57.3 Å². The van der Waals surface area contributed by atoms with Crippen molar-refractivity contribution in [2.24, 2.45) is 4.99 Å². The van der Waals surface area contributed by atoms with Crippen LogP contribution in [-0.4, -0.2) is 44.7 Å². The third-order valence-electron chi connectivity index (χ3n) is 3.25. The number of rotatable bonds is 10. The van der Waals surface area contributed by atoms with Crippen LogP contribution in [0, 0.1) is 0 Å². The molecule has 0 fully saturated rings. The van der Waals surface area contributed by atoms with Crippen LogP contribution in [-0.2, 0) is 16.0 Å². The lowest BCUT2D eigenvalue weighted by atomic mass is 10.1. The molecule has 0 radical (unpaired) electrons. The molecule has 6 heteroatoms. The Labute approximate surface area is 145 Å². The van der Waals surface area contributed by atoms with Gasteiger partial charge >= 0.3 is 0 Å². The summed E-state index contributed by atoms with van der Waals surface area (Å²) in [4.78, 5) is 15.5. The Morgan fingerprint density at radius 3 is 2.54 bits per heavy atom. The van der Waals surface area contributed by atoms with Gasteiger partial charge in [-0.3, -0.25) is 9.79 Å². The summed E-state index contributed by atoms with van der Waals surface area (Å²) in [6.45, 7) is 9.45. The number of anilines is 1. The fourth-order valence-corrected chi connectivity index (χ4v) is 2.13. The van der Waals surface area contributed by atoms with Crippen LogP contribution in [0.25, 0.3) is 0 Å². The Morgan fingerprint density at radius 1 is 1.17 bits per heavy atom. The lowest BCUT2D eigenvalue weighted by molar-refractivity contribution is -0.114. The van der Waals surface area contributed by atoms with Crippen LogP contribution in [0.5, 0.6) is 0 Å². The number of carbonyl (C=O) groups is 1. The Hall–Kier alpha value is -2.08. The zero-order chi connectivity index (χ0) is 17.6. The molecule has 0 unspecified atom stereocenters. The van der Waals surface area contributed by atoms with Gasteiger partial charge in [0.25, 0.3) is 0 Å². The lowest BCUT2D eigenvalue weighted by Crippen LogP contribution is -2.38. The molecule has 0 heterocycles. The largest absolute Gasteiger partial charge is 0.382 e. The van der Waals surface area contributed by atoms with Crippen molar-refractivity contribution in [2.45, 2.75) is 33.6 Å². The summed E-state index contributed by atoms with van der Waals surface area (Å²) in [5, 5.41) is 9.34. The highest BCUT2D eigenvalue weighted by molar-refractivity contribution is 5.88. The van der Waals surface area contributed by atoms with E-state index in [1.54, 1.807) is 0 Å². The van der Waals surface area contributed by atoms with Crippen molar-refractivity contribution < 1.29 is 9.53 Å². The predicted octanol–water partition coefficient (Wildman–Crippen LogP) is 2.17. The van der Waals surface area contributed by atoms with Gasteiger partial charge in [0.2, 0.25) is 5.91 Å². The molecule has 3 N–H and O–H groups in total. The molecule has 0 bridgehead atoms. The van der Waals surface area contributed by atoms with Gasteiger partial charge in [0.15, 0.2) is 5.96 Å². The maximum Gasteiger partial charge on any atom is 0.221 e.